The Morgan fingerprint density at radius 2 is 2.38 bits per heavy atom. The Labute approximate surface area is 130 Å². The second-order valence-corrected chi connectivity index (χ2v) is 5.48. The second kappa shape index (κ2) is 6.97. The number of rotatable bonds is 4. The molecule has 1 aromatic carbocycles. The lowest BCUT2D eigenvalue weighted by atomic mass is 10.1. The number of carbonyl (C=O) groups excluding carboxylic acids is 1. The molecule has 114 valence electrons. The molecule has 0 aliphatic carbocycles. The van der Waals surface area contributed by atoms with Crippen LogP contribution in [0.25, 0.3) is 0 Å². The molecule has 1 N–H and O–H groups in total. The summed E-state index contributed by atoms with van der Waals surface area (Å²) in [5, 5.41) is 13.6. The molecule has 7 nitrogen and oxygen atoms in total. The normalized spacial score (nSPS) is 19.2. The zero-order valence-electron chi connectivity index (χ0n) is 11.5. The van der Waals surface area contributed by atoms with E-state index in [1.807, 2.05) is 11.0 Å². The number of amides is 1. The lowest BCUT2D eigenvalue weighted by Crippen LogP contribution is -2.52. The number of nitro benzene ring substituents is 1. The van der Waals surface area contributed by atoms with Gasteiger partial charge in [0.1, 0.15) is 6.04 Å². The minimum atomic E-state index is -0.427. The van der Waals surface area contributed by atoms with Gasteiger partial charge in [-0.05, 0) is 21.5 Å². The first-order valence-corrected chi connectivity index (χ1v) is 7.29. The van der Waals surface area contributed by atoms with Gasteiger partial charge in [0.05, 0.1) is 22.6 Å². The summed E-state index contributed by atoms with van der Waals surface area (Å²) >= 11 is 3.28. The van der Waals surface area contributed by atoms with Crippen LogP contribution < -0.4 is 5.32 Å². The molecular formula is C13H16BrN3O4. The smallest absolute Gasteiger partial charge is 0.283 e. The van der Waals surface area contributed by atoms with E-state index in [-0.39, 0.29) is 17.6 Å². The molecule has 1 aromatic rings. The third-order valence-electron chi connectivity index (χ3n) is 3.42. The number of likely N-dealkylation sites (N-methyl/N-ethyl adjacent to an activating group) is 1. The van der Waals surface area contributed by atoms with Gasteiger partial charge in [-0.2, -0.15) is 0 Å². The second-order valence-electron chi connectivity index (χ2n) is 4.68. The Morgan fingerprint density at radius 1 is 1.62 bits per heavy atom. The zero-order chi connectivity index (χ0) is 15.4. The number of nitro groups is 1. The van der Waals surface area contributed by atoms with Gasteiger partial charge in [-0.15, -0.1) is 0 Å². The summed E-state index contributed by atoms with van der Waals surface area (Å²) in [4.78, 5) is 24.4. The molecule has 0 bridgehead atoms. The molecular weight excluding hydrogens is 342 g/mol. The van der Waals surface area contributed by atoms with Crippen molar-refractivity contribution >= 4 is 27.5 Å². The van der Waals surface area contributed by atoms with Crippen molar-refractivity contribution < 1.29 is 14.5 Å². The fourth-order valence-corrected chi connectivity index (χ4v) is 2.82. The lowest BCUT2D eigenvalue weighted by Gasteiger charge is -2.34. The number of nitrogens with one attached hydrogen (secondary N) is 1. The van der Waals surface area contributed by atoms with E-state index in [1.165, 1.54) is 6.07 Å². The first-order chi connectivity index (χ1) is 10.0. The van der Waals surface area contributed by atoms with Gasteiger partial charge in [0.25, 0.3) is 5.69 Å². The molecule has 0 aromatic heterocycles. The molecule has 1 heterocycles. The van der Waals surface area contributed by atoms with E-state index in [0.717, 1.165) is 5.56 Å². The maximum atomic E-state index is 11.9. The van der Waals surface area contributed by atoms with Crippen molar-refractivity contribution in [3.05, 3.63) is 38.3 Å². The van der Waals surface area contributed by atoms with Crippen molar-refractivity contribution in [2.75, 3.05) is 26.8 Å². The van der Waals surface area contributed by atoms with Gasteiger partial charge >= 0.3 is 0 Å². The van der Waals surface area contributed by atoms with E-state index in [1.54, 1.807) is 13.1 Å². The SMILES string of the molecule is CNC(=O)C1COCCN1Cc1cccc([N+](=O)[O-])c1Br. The molecule has 1 atom stereocenters. The van der Waals surface area contributed by atoms with Crippen LogP contribution in [-0.4, -0.2) is 48.6 Å². The summed E-state index contributed by atoms with van der Waals surface area (Å²) in [6.07, 6.45) is 0. The molecule has 0 radical (unpaired) electrons. The summed E-state index contributed by atoms with van der Waals surface area (Å²) in [6, 6.07) is 4.53. The van der Waals surface area contributed by atoms with Crippen LogP contribution in [0.15, 0.2) is 22.7 Å². The quantitative estimate of drug-likeness (QED) is 0.648. The summed E-state index contributed by atoms with van der Waals surface area (Å²) in [7, 11) is 1.58. The van der Waals surface area contributed by atoms with E-state index in [4.69, 9.17) is 4.74 Å². The van der Waals surface area contributed by atoms with Gasteiger partial charge in [0.15, 0.2) is 0 Å². The number of hydrogen-bond acceptors (Lipinski definition) is 5. The maximum Gasteiger partial charge on any atom is 0.283 e. The van der Waals surface area contributed by atoms with Crippen LogP contribution >= 0.6 is 15.9 Å². The molecule has 0 spiro atoms. The summed E-state index contributed by atoms with van der Waals surface area (Å²) in [6.45, 7) is 1.92. The van der Waals surface area contributed by atoms with Crippen LogP contribution in [-0.2, 0) is 16.1 Å². The van der Waals surface area contributed by atoms with Crippen LogP contribution in [0, 0.1) is 10.1 Å². The van der Waals surface area contributed by atoms with Gasteiger partial charge < -0.3 is 10.1 Å². The number of carbonyl (C=O) groups is 1. The molecule has 1 amide bonds. The molecule has 1 aliphatic rings. The van der Waals surface area contributed by atoms with Crippen molar-refractivity contribution in [1.29, 1.82) is 0 Å². The first-order valence-electron chi connectivity index (χ1n) is 6.49. The number of nitrogens with zero attached hydrogens (tertiary/aromatic N) is 2. The fourth-order valence-electron chi connectivity index (χ4n) is 2.28. The number of halogens is 1. The zero-order valence-corrected chi connectivity index (χ0v) is 13.1. The van der Waals surface area contributed by atoms with Crippen LogP contribution in [0.4, 0.5) is 5.69 Å². The lowest BCUT2D eigenvalue weighted by molar-refractivity contribution is -0.385. The van der Waals surface area contributed by atoms with E-state index in [2.05, 4.69) is 21.2 Å². The Kier molecular flexibility index (Phi) is 5.27. The molecule has 1 unspecified atom stereocenters. The number of hydrogen-bond donors (Lipinski definition) is 1. The monoisotopic (exact) mass is 357 g/mol. The highest BCUT2D eigenvalue weighted by Crippen LogP contribution is 2.29. The summed E-state index contributed by atoms with van der Waals surface area (Å²) in [5.74, 6) is -0.115. The van der Waals surface area contributed by atoms with E-state index in [0.29, 0.717) is 30.8 Å². The van der Waals surface area contributed by atoms with Crippen LogP contribution in [0.2, 0.25) is 0 Å². The Bertz CT molecular complexity index is 552. The van der Waals surface area contributed by atoms with Crippen LogP contribution in [0.1, 0.15) is 5.56 Å². The standard InChI is InChI=1S/C13H16BrN3O4/c1-15-13(18)11-8-21-6-5-16(11)7-9-3-2-4-10(12(9)14)17(19)20/h2-4,11H,5-8H2,1H3,(H,15,18). The van der Waals surface area contributed by atoms with E-state index < -0.39 is 4.92 Å². The number of morpholine rings is 1. The summed E-state index contributed by atoms with van der Waals surface area (Å²) in [5.41, 5.74) is 0.803. The van der Waals surface area contributed by atoms with Gasteiger partial charge in [-0.25, -0.2) is 0 Å². The highest BCUT2D eigenvalue weighted by molar-refractivity contribution is 9.10. The molecule has 1 fully saturated rings. The predicted molar refractivity (Wildman–Crippen MR) is 79.9 cm³/mol. The summed E-state index contributed by atoms with van der Waals surface area (Å²) < 4.78 is 5.80. The van der Waals surface area contributed by atoms with E-state index in [9.17, 15) is 14.9 Å². The first kappa shape index (κ1) is 15.9. The molecule has 8 heteroatoms. The average molecular weight is 358 g/mol. The van der Waals surface area contributed by atoms with Crippen LogP contribution in [0.3, 0.4) is 0 Å². The Balaban J connectivity index is 2.21. The fraction of sp³-hybridized carbons (Fsp3) is 0.462. The third-order valence-corrected chi connectivity index (χ3v) is 4.33. The van der Waals surface area contributed by atoms with Crippen molar-refractivity contribution in [2.45, 2.75) is 12.6 Å². The van der Waals surface area contributed by atoms with Crippen molar-refractivity contribution in [2.24, 2.45) is 0 Å². The van der Waals surface area contributed by atoms with E-state index >= 15 is 0 Å². The van der Waals surface area contributed by atoms with Gasteiger partial charge in [0, 0.05) is 26.2 Å². The maximum absolute atomic E-state index is 11.9. The van der Waals surface area contributed by atoms with Gasteiger partial charge in [-0.1, -0.05) is 12.1 Å². The largest absolute Gasteiger partial charge is 0.378 e. The van der Waals surface area contributed by atoms with Crippen molar-refractivity contribution in [1.82, 2.24) is 10.2 Å². The predicted octanol–water partition coefficient (Wildman–Crippen LogP) is 1.30. The third kappa shape index (κ3) is 3.58. The van der Waals surface area contributed by atoms with Gasteiger partial charge in [0.2, 0.25) is 5.91 Å². The van der Waals surface area contributed by atoms with Gasteiger partial charge in [-0.3, -0.25) is 19.8 Å². The van der Waals surface area contributed by atoms with Crippen molar-refractivity contribution in [3.63, 3.8) is 0 Å². The Hall–Kier alpha value is -1.51. The minimum absolute atomic E-state index is 0.0252. The molecule has 1 aliphatic heterocycles. The molecule has 21 heavy (non-hydrogen) atoms. The average Bonchev–Trinajstić information content (AvgIpc) is 2.49. The van der Waals surface area contributed by atoms with Crippen molar-refractivity contribution in [3.8, 4) is 0 Å². The number of ether oxygens (including phenoxy) is 1. The Morgan fingerprint density at radius 3 is 3.05 bits per heavy atom. The molecule has 2 rings (SSSR count). The topological polar surface area (TPSA) is 84.7 Å². The minimum Gasteiger partial charge on any atom is -0.378 e. The molecule has 1 saturated heterocycles. The number of benzene rings is 1. The van der Waals surface area contributed by atoms with Crippen LogP contribution in [0.5, 0.6) is 0 Å². The highest BCUT2D eigenvalue weighted by Gasteiger charge is 2.29. The highest BCUT2D eigenvalue weighted by atomic mass is 79.9. The molecule has 0 saturated carbocycles.